The van der Waals surface area contributed by atoms with Gasteiger partial charge in [-0.3, -0.25) is 4.79 Å². The Labute approximate surface area is 115 Å². The molecular formula is C13H13N3O2S. The second kappa shape index (κ2) is 6.19. The number of carbonyl (C=O) groups is 1. The first-order valence-corrected chi connectivity index (χ1v) is 6.62. The van der Waals surface area contributed by atoms with Crippen LogP contribution < -0.4 is 5.32 Å². The molecule has 0 spiro atoms. The fraction of sp³-hybridized carbons (Fsp3) is 0.154. The van der Waals surface area contributed by atoms with E-state index in [1.165, 1.54) is 18.1 Å². The summed E-state index contributed by atoms with van der Waals surface area (Å²) < 4.78 is 0. The largest absolute Gasteiger partial charge is 0.481 e. The van der Waals surface area contributed by atoms with Gasteiger partial charge in [-0.05, 0) is 24.6 Å². The Kier molecular flexibility index (Phi) is 4.35. The van der Waals surface area contributed by atoms with Crippen molar-refractivity contribution in [2.45, 2.75) is 11.9 Å². The van der Waals surface area contributed by atoms with Crippen LogP contribution in [0.5, 0.6) is 0 Å². The van der Waals surface area contributed by atoms with Crippen molar-refractivity contribution in [3.63, 3.8) is 0 Å². The van der Waals surface area contributed by atoms with E-state index >= 15 is 0 Å². The Morgan fingerprint density at radius 2 is 2.21 bits per heavy atom. The molecule has 2 N–H and O–H groups in total. The number of hydrogen-bond acceptors (Lipinski definition) is 5. The van der Waals surface area contributed by atoms with E-state index in [1.54, 1.807) is 6.07 Å². The second-order valence-corrected chi connectivity index (χ2v) is 4.91. The predicted octanol–water partition coefficient (Wildman–Crippen LogP) is 2.71. The number of rotatable bonds is 5. The number of nitrogens with one attached hydrogen (secondary N) is 1. The van der Waals surface area contributed by atoms with Crippen LogP contribution in [0.2, 0.25) is 0 Å². The van der Waals surface area contributed by atoms with Crippen LogP contribution in [0.15, 0.2) is 41.7 Å². The highest BCUT2D eigenvalue weighted by molar-refractivity contribution is 7.99. The summed E-state index contributed by atoms with van der Waals surface area (Å²) in [7, 11) is 0. The molecule has 1 aromatic carbocycles. The molecule has 5 nitrogen and oxygen atoms in total. The number of thioether (sulfide) groups is 1. The maximum atomic E-state index is 10.5. The SMILES string of the molecule is Cc1cccc(Nc2cc(SCC(=O)O)ncn2)c1. The van der Waals surface area contributed by atoms with Gasteiger partial charge in [0, 0.05) is 11.8 Å². The molecule has 0 fully saturated rings. The summed E-state index contributed by atoms with van der Waals surface area (Å²) in [5.41, 5.74) is 2.09. The Balaban J connectivity index is 2.08. The van der Waals surface area contributed by atoms with Crippen molar-refractivity contribution in [1.29, 1.82) is 0 Å². The molecule has 0 atom stereocenters. The van der Waals surface area contributed by atoms with Gasteiger partial charge in [-0.15, -0.1) is 0 Å². The third-order valence-corrected chi connectivity index (χ3v) is 3.19. The molecule has 0 aliphatic heterocycles. The van der Waals surface area contributed by atoms with Crippen LogP contribution in [0.3, 0.4) is 0 Å². The van der Waals surface area contributed by atoms with E-state index in [2.05, 4.69) is 15.3 Å². The normalized spacial score (nSPS) is 10.2. The van der Waals surface area contributed by atoms with Gasteiger partial charge < -0.3 is 10.4 Å². The molecule has 1 aromatic heterocycles. The van der Waals surface area contributed by atoms with Crippen LogP contribution in [0.4, 0.5) is 11.5 Å². The minimum Gasteiger partial charge on any atom is -0.481 e. The van der Waals surface area contributed by atoms with E-state index in [1.807, 2.05) is 31.2 Å². The number of nitrogens with zero attached hydrogens (tertiary/aromatic N) is 2. The zero-order valence-electron chi connectivity index (χ0n) is 10.3. The van der Waals surface area contributed by atoms with E-state index in [4.69, 9.17) is 5.11 Å². The number of anilines is 2. The van der Waals surface area contributed by atoms with E-state index in [-0.39, 0.29) is 5.75 Å². The highest BCUT2D eigenvalue weighted by atomic mass is 32.2. The number of carboxylic acid groups (broad SMARTS) is 1. The Hall–Kier alpha value is -2.08. The molecule has 2 rings (SSSR count). The maximum Gasteiger partial charge on any atom is 0.313 e. The van der Waals surface area contributed by atoms with Gasteiger partial charge >= 0.3 is 5.97 Å². The molecule has 0 aliphatic rings. The Morgan fingerprint density at radius 3 is 2.95 bits per heavy atom. The van der Waals surface area contributed by atoms with Gasteiger partial charge in [0.25, 0.3) is 0 Å². The molecule has 19 heavy (non-hydrogen) atoms. The van der Waals surface area contributed by atoms with Crippen LogP contribution in [0, 0.1) is 6.92 Å². The molecule has 0 radical (unpaired) electrons. The first-order chi connectivity index (χ1) is 9.13. The van der Waals surface area contributed by atoms with Crippen LogP contribution in [-0.2, 0) is 4.79 Å². The fourth-order valence-electron chi connectivity index (χ4n) is 1.49. The monoisotopic (exact) mass is 275 g/mol. The van der Waals surface area contributed by atoms with Gasteiger partial charge in [0.05, 0.1) is 5.75 Å². The number of aryl methyl sites for hydroxylation is 1. The highest BCUT2D eigenvalue weighted by Gasteiger charge is 2.03. The average Bonchev–Trinajstić information content (AvgIpc) is 2.37. The lowest BCUT2D eigenvalue weighted by Crippen LogP contribution is -1.99. The zero-order chi connectivity index (χ0) is 13.7. The van der Waals surface area contributed by atoms with Gasteiger partial charge in [-0.2, -0.15) is 0 Å². The molecule has 0 saturated heterocycles. The van der Waals surface area contributed by atoms with E-state index in [0.717, 1.165) is 11.3 Å². The Bertz CT molecular complexity index is 590. The predicted molar refractivity (Wildman–Crippen MR) is 74.9 cm³/mol. The van der Waals surface area contributed by atoms with Gasteiger partial charge in [-0.25, -0.2) is 9.97 Å². The number of aromatic nitrogens is 2. The van der Waals surface area contributed by atoms with Gasteiger partial charge in [-0.1, -0.05) is 23.9 Å². The molecule has 2 aromatic rings. The van der Waals surface area contributed by atoms with Crippen LogP contribution >= 0.6 is 11.8 Å². The van der Waals surface area contributed by atoms with Crippen molar-refractivity contribution in [1.82, 2.24) is 9.97 Å². The molecule has 98 valence electrons. The van der Waals surface area contributed by atoms with Crippen LogP contribution in [-0.4, -0.2) is 26.8 Å². The highest BCUT2D eigenvalue weighted by Crippen LogP contribution is 2.20. The molecule has 1 heterocycles. The van der Waals surface area contributed by atoms with Crippen molar-refractivity contribution in [2.24, 2.45) is 0 Å². The smallest absolute Gasteiger partial charge is 0.313 e. The van der Waals surface area contributed by atoms with Gasteiger partial charge in [0.2, 0.25) is 0 Å². The van der Waals surface area contributed by atoms with Gasteiger partial charge in [0.15, 0.2) is 0 Å². The summed E-state index contributed by atoms with van der Waals surface area (Å²) in [5.74, 6) is -0.230. The van der Waals surface area contributed by atoms with E-state index in [9.17, 15) is 4.79 Å². The molecular weight excluding hydrogens is 262 g/mol. The standard InChI is InChI=1S/C13H13N3O2S/c1-9-3-2-4-10(5-9)16-11-6-12(15-8-14-11)19-7-13(17)18/h2-6,8H,7H2,1H3,(H,17,18)(H,14,15,16). The summed E-state index contributed by atoms with van der Waals surface area (Å²) >= 11 is 1.17. The zero-order valence-corrected chi connectivity index (χ0v) is 11.1. The molecule has 0 amide bonds. The van der Waals surface area contributed by atoms with Gasteiger partial charge in [0.1, 0.15) is 17.2 Å². The fourth-order valence-corrected chi connectivity index (χ4v) is 2.08. The molecule has 6 heteroatoms. The molecule has 0 aliphatic carbocycles. The first-order valence-electron chi connectivity index (χ1n) is 5.64. The molecule has 0 bridgehead atoms. The van der Waals surface area contributed by atoms with Crippen molar-refractivity contribution in [2.75, 3.05) is 11.1 Å². The van der Waals surface area contributed by atoms with Crippen molar-refractivity contribution >= 4 is 29.2 Å². The number of aliphatic carboxylic acids is 1. The minimum atomic E-state index is -0.864. The lowest BCUT2D eigenvalue weighted by molar-refractivity contribution is -0.133. The number of benzene rings is 1. The minimum absolute atomic E-state index is 0.0130. The first kappa shape index (κ1) is 13.4. The maximum absolute atomic E-state index is 10.5. The second-order valence-electron chi connectivity index (χ2n) is 3.92. The average molecular weight is 275 g/mol. The summed E-state index contributed by atoms with van der Waals surface area (Å²) in [6.45, 7) is 2.01. The third kappa shape index (κ3) is 4.26. The third-order valence-electron chi connectivity index (χ3n) is 2.28. The van der Waals surface area contributed by atoms with Crippen molar-refractivity contribution in [3.8, 4) is 0 Å². The summed E-state index contributed by atoms with van der Waals surface area (Å²) in [5, 5.41) is 12.4. The quantitative estimate of drug-likeness (QED) is 0.645. The molecule has 0 unspecified atom stereocenters. The molecule has 0 saturated carbocycles. The lowest BCUT2D eigenvalue weighted by Gasteiger charge is -2.07. The van der Waals surface area contributed by atoms with Crippen molar-refractivity contribution < 1.29 is 9.90 Å². The van der Waals surface area contributed by atoms with E-state index in [0.29, 0.717) is 10.8 Å². The summed E-state index contributed by atoms with van der Waals surface area (Å²) in [4.78, 5) is 18.6. The van der Waals surface area contributed by atoms with Crippen molar-refractivity contribution in [3.05, 3.63) is 42.2 Å². The summed E-state index contributed by atoms with van der Waals surface area (Å²) in [6.07, 6.45) is 1.42. The number of carboxylic acids is 1. The van der Waals surface area contributed by atoms with E-state index < -0.39 is 5.97 Å². The van der Waals surface area contributed by atoms with Crippen LogP contribution in [0.25, 0.3) is 0 Å². The lowest BCUT2D eigenvalue weighted by atomic mass is 10.2. The Morgan fingerprint density at radius 1 is 1.37 bits per heavy atom. The van der Waals surface area contributed by atoms with Crippen LogP contribution in [0.1, 0.15) is 5.56 Å². The topological polar surface area (TPSA) is 75.1 Å². The number of hydrogen-bond donors (Lipinski definition) is 2. The summed E-state index contributed by atoms with van der Waals surface area (Å²) in [6, 6.07) is 9.65.